The third-order valence-electron chi connectivity index (χ3n) is 2.93. The third kappa shape index (κ3) is 2.71. The van der Waals surface area contributed by atoms with E-state index in [1.54, 1.807) is 12.4 Å². The van der Waals surface area contributed by atoms with E-state index >= 15 is 0 Å². The zero-order chi connectivity index (χ0) is 11.4. The summed E-state index contributed by atoms with van der Waals surface area (Å²) in [6.07, 6.45) is 3.52. The maximum absolute atomic E-state index is 4.41. The molecule has 0 radical (unpaired) electrons. The first-order valence-electron chi connectivity index (χ1n) is 5.62. The Morgan fingerprint density at radius 2 is 1.88 bits per heavy atom. The molecule has 1 aromatic heterocycles. The van der Waals surface area contributed by atoms with Crippen molar-refractivity contribution in [2.24, 2.45) is 0 Å². The first kappa shape index (κ1) is 11.8. The molecule has 1 saturated heterocycles. The van der Waals surface area contributed by atoms with Crippen LogP contribution in [0.2, 0.25) is 0 Å². The molecule has 88 valence electrons. The number of aryl methyl sites for hydroxylation is 1. The number of halogens is 1. The molecule has 1 aliphatic heterocycles. The molecule has 0 aliphatic carbocycles. The van der Waals surface area contributed by atoms with Crippen molar-refractivity contribution in [3.8, 4) is 0 Å². The maximum atomic E-state index is 4.41. The van der Waals surface area contributed by atoms with E-state index in [-0.39, 0.29) is 0 Å². The second-order valence-corrected chi connectivity index (χ2v) is 4.78. The fraction of sp³-hybridized carbons (Fsp3) is 0.636. The standard InChI is InChI=1S/C11H17BrN4/c1-10-11(14-4-3-13-10)16-8-6-15(5-2-12)7-9-16/h3-4H,2,5-9H2,1H3. The molecule has 0 N–H and O–H groups in total. The van der Waals surface area contributed by atoms with Crippen molar-refractivity contribution in [2.45, 2.75) is 6.92 Å². The molecule has 2 rings (SSSR count). The van der Waals surface area contributed by atoms with Gasteiger partial charge in [-0.3, -0.25) is 9.88 Å². The highest BCUT2D eigenvalue weighted by molar-refractivity contribution is 9.09. The van der Waals surface area contributed by atoms with Crippen LogP contribution in [0, 0.1) is 6.92 Å². The van der Waals surface area contributed by atoms with E-state index in [2.05, 4.69) is 35.7 Å². The van der Waals surface area contributed by atoms with E-state index in [4.69, 9.17) is 0 Å². The van der Waals surface area contributed by atoms with Crippen molar-refractivity contribution in [1.82, 2.24) is 14.9 Å². The summed E-state index contributed by atoms with van der Waals surface area (Å²) >= 11 is 3.48. The Bertz CT molecular complexity index is 337. The summed E-state index contributed by atoms with van der Waals surface area (Å²) in [6, 6.07) is 0. The first-order chi connectivity index (χ1) is 7.81. The number of rotatable bonds is 3. The van der Waals surface area contributed by atoms with E-state index in [0.29, 0.717) is 0 Å². The van der Waals surface area contributed by atoms with Crippen LogP contribution in [0.4, 0.5) is 5.82 Å². The Morgan fingerprint density at radius 3 is 2.50 bits per heavy atom. The molecule has 0 spiro atoms. The average Bonchev–Trinajstić information content (AvgIpc) is 2.31. The highest BCUT2D eigenvalue weighted by Crippen LogP contribution is 2.15. The number of hydrogen-bond donors (Lipinski definition) is 0. The predicted molar refractivity (Wildman–Crippen MR) is 69.2 cm³/mol. The lowest BCUT2D eigenvalue weighted by Gasteiger charge is -2.35. The minimum Gasteiger partial charge on any atom is -0.353 e. The van der Waals surface area contributed by atoms with Crippen molar-refractivity contribution in [3.05, 3.63) is 18.1 Å². The van der Waals surface area contributed by atoms with Gasteiger partial charge in [-0.15, -0.1) is 0 Å². The molecular formula is C11H17BrN4. The number of anilines is 1. The van der Waals surface area contributed by atoms with Crippen LogP contribution in [0.15, 0.2) is 12.4 Å². The van der Waals surface area contributed by atoms with E-state index < -0.39 is 0 Å². The normalized spacial score (nSPS) is 17.8. The number of piperazine rings is 1. The molecule has 1 fully saturated rings. The zero-order valence-corrected chi connectivity index (χ0v) is 11.2. The lowest BCUT2D eigenvalue weighted by atomic mass is 10.3. The van der Waals surface area contributed by atoms with Gasteiger partial charge in [0.2, 0.25) is 0 Å². The summed E-state index contributed by atoms with van der Waals surface area (Å²) in [4.78, 5) is 13.5. The Kier molecular flexibility index (Phi) is 4.12. The minimum atomic E-state index is 1.02. The summed E-state index contributed by atoms with van der Waals surface area (Å²) in [7, 11) is 0. The third-order valence-corrected chi connectivity index (χ3v) is 3.28. The molecule has 2 heterocycles. The van der Waals surface area contributed by atoms with Crippen molar-refractivity contribution in [2.75, 3.05) is 43.0 Å². The Hall–Kier alpha value is -0.680. The Balaban J connectivity index is 1.96. The second-order valence-electron chi connectivity index (χ2n) is 3.98. The molecule has 4 nitrogen and oxygen atoms in total. The second kappa shape index (κ2) is 5.59. The largest absolute Gasteiger partial charge is 0.353 e. The molecular weight excluding hydrogens is 268 g/mol. The molecule has 0 unspecified atom stereocenters. The molecule has 0 saturated carbocycles. The van der Waals surface area contributed by atoms with Crippen LogP contribution in [-0.2, 0) is 0 Å². The van der Waals surface area contributed by atoms with Gasteiger partial charge < -0.3 is 4.90 Å². The van der Waals surface area contributed by atoms with Crippen molar-refractivity contribution < 1.29 is 0 Å². The fourth-order valence-electron chi connectivity index (χ4n) is 2.01. The van der Waals surface area contributed by atoms with Gasteiger partial charge in [-0.2, -0.15) is 0 Å². The summed E-state index contributed by atoms with van der Waals surface area (Å²) in [5.74, 6) is 1.04. The van der Waals surface area contributed by atoms with E-state index in [9.17, 15) is 0 Å². The zero-order valence-electron chi connectivity index (χ0n) is 9.56. The summed E-state index contributed by atoms with van der Waals surface area (Å²) in [5, 5.41) is 1.05. The van der Waals surface area contributed by atoms with E-state index in [1.807, 2.05) is 6.92 Å². The molecule has 0 aromatic carbocycles. The van der Waals surface area contributed by atoms with Gasteiger partial charge in [-0.1, -0.05) is 15.9 Å². The molecule has 0 atom stereocenters. The highest BCUT2D eigenvalue weighted by Gasteiger charge is 2.18. The topological polar surface area (TPSA) is 32.3 Å². The summed E-state index contributed by atoms with van der Waals surface area (Å²) < 4.78 is 0. The monoisotopic (exact) mass is 284 g/mol. The van der Waals surface area contributed by atoms with Crippen LogP contribution in [0.25, 0.3) is 0 Å². The van der Waals surface area contributed by atoms with Crippen LogP contribution in [0.5, 0.6) is 0 Å². The van der Waals surface area contributed by atoms with Gasteiger partial charge in [-0.05, 0) is 6.92 Å². The molecule has 16 heavy (non-hydrogen) atoms. The number of hydrogen-bond acceptors (Lipinski definition) is 4. The number of nitrogens with zero attached hydrogens (tertiary/aromatic N) is 4. The number of alkyl halides is 1. The molecule has 1 aliphatic rings. The Labute approximate surface area is 105 Å². The van der Waals surface area contributed by atoms with Gasteiger partial charge in [0.05, 0.1) is 5.69 Å². The van der Waals surface area contributed by atoms with Crippen molar-refractivity contribution >= 4 is 21.7 Å². The lowest BCUT2D eigenvalue weighted by molar-refractivity contribution is 0.273. The van der Waals surface area contributed by atoms with Crippen LogP contribution in [-0.4, -0.2) is 52.9 Å². The van der Waals surface area contributed by atoms with Crippen LogP contribution in [0.3, 0.4) is 0 Å². The SMILES string of the molecule is Cc1nccnc1N1CCN(CCBr)CC1. The quantitative estimate of drug-likeness (QED) is 0.784. The van der Waals surface area contributed by atoms with Gasteiger partial charge >= 0.3 is 0 Å². The van der Waals surface area contributed by atoms with Gasteiger partial charge in [0, 0.05) is 50.4 Å². The molecule has 0 amide bonds. The highest BCUT2D eigenvalue weighted by atomic mass is 79.9. The van der Waals surface area contributed by atoms with Gasteiger partial charge in [0.25, 0.3) is 0 Å². The van der Waals surface area contributed by atoms with Crippen molar-refractivity contribution in [1.29, 1.82) is 0 Å². The Morgan fingerprint density at radius 1 is 1.19 bits per heavy atom. The fourth-order valence-corrected chi connectivity index (χ4v) is 2.52. The minimum absolute atomic E-state index is 1.02. The smallest absolute Gasteiger partial charge is 0.150 e. The summed E-state index contributed by atoms with van der Waals surface area (Å²) in [6.45, 7) is 7.47. The lowest BCUT2D eigenvalue weighted by Crippen LogP contribution is -2.47. The molecule has 0 bridgehead atoms. The van der Waals surface area contributed by atoms with Crippen LogP contribution >= 0.6 is 15.9 Å². The van der Waals surface area contributed by atoms with Crippen LogP contribution < -0.4 is 4.90 Å². The van der Waals surface area contributed by atoms with Crippen molar-refractivity contribution in [3.63, 3.8) is 0 Å². The van der Waals surface area contributed by atoms with Gasteiger partial charge in [0.1, 0.15) is 5.82 Å². The molecule has 5 heteroatoms. The average molecular weight is 285 g/mol. The maximum Gasteiger partial charge on any atom is 0.150 e. The molecule has 1 aromatic rings. The van der Waals surface area contributed by atoms with Gasteiger partial charge in [0.15, 0.2) is 0 Å². The van der Waals surface area contributed by atoms with E-state index in [1.165, 1.54) is 0 Å². The summed E-state index contributed by atoms with van der Waals surface area (Å²) in [5.41, 5.74) is 1.02. The van der Waals surface area contributed by atoms with Gasteiger partial charge in [-0.25, -0.2) is 4.98 Å². The van der Waals surface area contributed by atoms with Crippen LogP contribution in [0.1, 0.15) is 5.69 Å². The first-order valence-corrected chi connectivity index (χ1v) is 6.74. The van der Waals surface area contributed by atoms with E-state index in [0.717, 1.165) is 49.6 Å². The number of aromatic nitrogens is 2. The predicted octanol–water partition coefficient (Wildman–Crippen LogP) is 1.30.